The molecule has 6 heteroatoms. The minimum absolute atomic E-state index is 0.0863. The first-order valence-electron chi connectivity index (χ1n) is 5.31. The fourth-order valence-electron chi connectivity index (χ4n) is 1.36. The Hall–Kier alpha value is -1.82. The number of nitrogens with zero attached hydrogens (tertiary/aromatic N) is 1. The van der Waals surface area contributed by atoms with E-state index in [0.717, 1.165) is 18.2 Å². The Morgan fingerprint density at radius 1 is 1.44 bits per heavy atom. The van der Waals surface area contributed by atoms with Crippen LogP contribution in [0.25, 0.3) is 11.3 Å². The third kappa shape index (κ3) is 2.70. The first-order chi connectivity index (χ1) is 8.60. The summed E-state index contributed by atoms with van der Waals surface area (Å²) in [5, 5.41) is 4.52. The van der Waals surface area contributed by atoms with Gasteiger partial charge in [-0.15, -0.1) is 11.3 Å². The van der Waals surface area contributed by atoms with E-state index in [0.29, 0.717) is 17.2 Å². The Kier molecular flexibility index (Phi) is 3.66. The van der Waals surface area contributed by atoms with Gasteiger partial charge in [0.1, 0.15) is 11.6 Å². The molecule has 1 aromatic carbocycles. The zero-order valence-electron chi connectivity index (χ0n) is 9.54. The number of rotatable bonds is 3. The molecule has 0 unspecified atom stereocenters. The van der Waals surface area contributed by atoms with Gasteiger partial charge in [-0.25, -0.2) is 13.8 Å². The molecular formula is C12H10F2N2OS. The first-order valence-corrected chi connectivity index (χ1v) is 6.19. The number of amides is 1. The molecule has 0 aliphatic rings. The molecule has 0 saturated heterocycles. The van der Waals surface area contributed by atoms with Gasteiger partial charge in [0.05, 0.1) is 5.69 Å². The molecule has 1 N–H and O–H groups in total. The second-order valence-electron chi connectivity index (χ2n) is 3.56. The van der Waals surface area contributed by atoms with Crippen LogP contribution in [0.4, 0.5) is 13.9 Å². The van der Waals surface area contributed by atoms with Gasteiger partial charge >= 0.3 is 0 Å². The van der Waals surface area contributed by atoms with Gasteiger partial charge in [-0.3, -0.25) is 4.79 Å². The van der Waals surface area contributed by atoms with Crippen LogP contribution in [-0.4, -0.2) is 10.9 Å². The topological polar surface area (TPSA) is 42.0 Å². The van der Waals surface area contributed by atoms with Gasteiger partial charge in [0.15, 0.2) is 5.13 Å². The van der Waals surface area contributed by atoms with Crippen LogP contribution in [-0.2, 0) is 4.79 Å². The highest BCUT2D eigenvalue weighted by Gasteiger charge is 2.11. The molecule has 0 saturated carbocycles. The van der Waals surface area contributed by atoms with Gasteiger partial charge in [-0.05, 0) is 18.2 Å². The number of nitrogens with one attached hydrogen (secondary N) is 1. The minimum Gasteiger partial charge on any atom is -0.302 e. The van der Waals surface area contributed by atoms with E-state index in [1.807, 2.05) is 0 Å². The van der Waals surface area contributed by atoms with Crippen molar-refractivity contribution >= 4 is 22.4 Å². The van der Waals surface area contributed by atoms with E-state index in [-0.39, 0.29) is 11.5 Å². The van der Waals surface area contributed by atoms with Crippen LogP contribution in [0, 0.1) is 11.6 Å². The van der Waals surface area contributed by atoms with Crippen molar-refractivity contribution in [2.24, 2.45) is 0 Å². The standard InChI is InChI=1S/C12H10F2N2OS/c1-2-11(17)16-12-15-10(6-18-12)8-5-7(13)3-4-9(8)14/h3-6H,2H2,1H3,(H,15,16,17). The third-order valence-electron chi connectivity index (χ3n) is 2.28. The average Bonchev–Trinajstić information content (AvgIpc) is 2.80. The van der Waals surface area contributed by atoms with Crippen molar-refractivity contribution in [2.45, 2.75) is 13.3 Å². The van der Waals surface area contributed by atoms with Crippen molar-refractivity contribution in [3.8, 4) is 11.3 Å². The van der Waals surface area contributed by atoms with Crippen LogP contribution in [0.5, 0.6) is 0 Å². The van der Waals surface area contributed by atoms with Gasteiger partial charge in [0, 0.05) is 17.4 Å². The van der Waals surface area contributed by atoms with E-state index in [1.165, 1.54) is 11.3 Å². The van der Waals surface area contributed by atoms with Crippen LogP contribution in [0.15, 0.2) is 23.6 Å². The molecule has 1 aromatic heterocycles. The summed E-state index contributed by atoms with van der Waals surface area (Å²) in [7, 11) is 0. The molecular weight excluding hydrogens is 258 g/mol. The second kappa shape index (κ2) is 5.22. The van der Waals surface area contributed by atoms with Crippen LogP contribution in [0.1, 0.15) is 13.3 Å². The van der Waals surface area contributed by atoms with Gasteiger partial charge in [0.2, 0.25) is 5.91 Å². The number of carbonyl (C=O) groups excluding carboxylic acids is 1. The maximum Gasteiger partial charge on any atom is 0.225 e. The summed E-state index contributed by atoms with van der Waals surface area (Å²) in [6.45, 7) is 1.72. The predicted molar refractivity (Wildman–Crippen MR) is 66.4 cm³/mol. The van der Waals surface area contributed by atoms with Crippen molar-refractivity contribution in [2.75, 3.05) is 5.32 Å². The Morgan fingerprint density at radius 2 is 2.22 bits per heavy atom. The van der Waals surface area contributed by atoms with Crippen molar-refractivity contribution in [3.63, 3.8) is 0 Å². The Bertz CT molecular complexity index is 583. The summed E-state index contributed by atoms with van der Waals surface area (Å²) in [5.74, 6) is -1.25. The molecule has 0 bridgehead atoms. The molecule has 0 atom stereocenters. The van der Waals surface area contributed by atoms with Crippen molar-refractivity contribution in [3.05, 3.63) is 35.2 Å². The van der Waals surface area contributed by atoms with E-state index in [1.54, 1.807) is 12.3 Å². The number of anilines is 1. The van der Waals surface area contributed by atoms with Gasteiger partial charge < -0.3 is 5.32 Å². The summed E-state index contributed by atoms with van der Waals surface area (Å²) in [4.78, 5) is 15.2. The number of thiazole rings is 1. The van der Waals surface area contributed by atoms with E-state index in [9.17, 15) is 13.6 Å². The highest BCUT2D eigenvalue weighted by atomic mass is 32.1. The number of hydrogen-bond acceptors (Lipinski definition) is 3. The smallest absolute Gasteiger partial charge is 0.225 e. The van der Waals surface area contributed by atoms with Crippen LogP contribution >= 0.6 is 11.3 Å². The summed E-state index contributed by atoms with van der Waals surface area (Å²) in [5.41, 5.74) is 0.395. The molecule has 0 fully saturated rings. The molecule has 0 aliphatic carbocycles. The predicted octanol–water partition coefficient (Wildman–Crippen LogP) is 3.44. The molecule has 2 rings (SSSR count). The molecule has 0 radical (unpaired) electrons. The zero-order valence-corrected chi connectivity index (χ0v) is 10.4. The molecule has 0 aliphatic heterocycles. The van der Waals surface area contributed by atoms with E-state index in [4.69, 9.17) is 0 Å². The monoisotopic (exact) mass is 268 g/mol. The lowest BCUT2D eigenvalue weighted by molar-refractivity contribution is -0.115. The lowest BCUT2D eigenvalue weighted by atomic mass is 10.1. The third-order valence-corrected chi connectivity index (χ3v) is 3.03. The van der Waals surface area contributed by atoms with Crippen LogP contribution < -0.4 is 5.32 Å². The number of halogens is 2. The fraction of sp³-hybridized carbons (Fsp3) is 0.167. The summed E-state index contributed by atoms with van der Waals surface area (Å²) in [6.07, 6.45) is 0.337. The van der Waals surface area contributed by atoms with Crippen molar-refractivity contribution < 1.29 is 13.6 Å². The molecule has 1 heterocycles. The zero-order chi connectivity index (χ0) is 13.1. The summed E-state index contributed by atoms with van der Waals surface area (Å²) < 4.78 is 26.5. The van der Waals surface area contributed by atoms with Gasteiger partial charge in [-0.1, -0.05) is 6.92 Å². The molecule has 1 amide bonds. The number of aromatic nitrogens is 1. The van der Waals surface area contributed by atoms with Crippen LogP contribution in [0.2, 0.25) is 0 Å². The maximum absolute atomic E-state index is 13.5. The largest absolute Gasteiger partial charge is 0.302 e. The highest BCUT2D eigenvalue weighted by Crippen LogP contribution is 2.27. The molecule has 18 heavy (non-hydrogen) atoms. The summed E-state index contributed by atoms with van der Waals surface area (Å²) >= 11 is 1.17. The van der Waals surface area contributed by atoms with Gasteiger partial charge in [-0.2, -0.15) is 0 Å². The number of carbonyl (C=O) groups is 1. The number of benzene rings is 1. The average molecular weight is 268 g/mol. The van der Waals surface area contributed by atoms with E-state index in [2.05, 4.69) is 10.3 Å². The minimum atomic E-state index is -0.546. The Balaban J connectivity index is 2.29. The maximum atomic E-state index is 13.5. The number of hydrogen-bond donors (Lipinski definition) is 1. The fourth-order valence-corrected chi connectivity index (χ4v) is 2.08. The molecule has 3 nitrogen and oxygen atoms in total. The normalized spacial score (nSPS) is 10.4. The summed E-state index contributed by atoms with van der Waals surface area (Å²) in [6, 6.07) is 3.18. The first kappa shape index (κ1) is 12.6. The Labute approximate surface area is 106 Å². The van der Waals surface area contributed by atoms with Crippen molar-refractivity contribution in [1.82, 2.24) is 4.98 Å². The Morgan fingerprint density at radius 3 is 2.94 bits per heavy atom. The quantitative estimate of drug-likeness (QED) is 0.926. The SMILES string of the molecule is CCC(=O)Nc1nc(-c2cc(F)ccc2F)cs1. The lowest BCUT2D eigenvalue weighted by Gasteiger charge is -1.99. The van der Waals surface area contributed by atoms with Crippen LogP contribution in [0.3, 0.4) is 0 Å². The lowest BCUT2D eigenvalue weighted by Crippen LogP contribution is -2.08. The van der Waals surface area contributed by atoms with E-state index >= 15 is 0 Å². The molecule has 94 valence electrons. The van der Waals surface area contributed by atoms with Crippen molar-refractivity contribution in [1.29, 1.82) is 0 Å². The molecule has 0 spiro atoms. The van der Waals surface area contributed by atoms with Gasteiger partial charge in [0.25, 0.3) is 0 Å². The second-order valence-corrected chi connectivity index (χ2v) is 4.42. The van der Waals surface area contributed by atoms with E-state index < -0.39 is 11.6 Å². The molecule has 2 aromatic rings. The highest BCUT2D eigenvalue weighted by molar-refractivity contribution is 7.14.